The van der Waals surface area contributed by atoms with E-state index in [4.69, 9.17) is 4.74 Å². The van der Waals surface area contributed by atoms with Crippen LogP contribution in [0.3, 0.4) is 0 Å². The molecule has 0 bridgehead atoms. The first kappa shape index (κ1) is 14.3. The van der Waals surface area contributed by atoms with Gasteiger partial charge < -0.3 is 4.74 Å². The zero-order valence-electron chi connectivity index (χ0n) is 12.2. The summed E-state index contributed by atoms with van der Waals surface area (Å²) in [4.78, 5) is 12.0. The summed E-state index contributed by atoms with van der Waals surface area (Å²) >= 11 is 0. The highest BCUT2D eigenvalue weighted by molar-refractivity contribution is 5.78. The quantitative estimate of drug-likeness (QED) is 0.839. The molecular formula is C16H20N2O2. The molecule has 0 aliphatic rings. The van der Waals surface area contributed by atoms with Gasteiger partial charge in [-0.05, 0) is 44.0 Å². The van der Waals surface area contributed by atoms with Crippen LogP contribution in [0.25, 0.3) is 0 Å². The number of benzene rings is 1. The molecule has 20 heavy (non-hydrogen) atoms. The van der Waals surface area contributed by atoms with Gasteiger partial charge in [-0.15, -0.1) is 0 Å². The SMILES string of the molecule is CCc1ccc(OCCC(=O)n2nc(C)cc2C)cc1. The van der Waals surface area contributed by atoms with Gasteiger partial charge in [0.1, 0.15) is 5.75 Å². The predicted octanol–water partition coefficient (Wildman–Crippen LogP) is 3.17. The number of carbonyl (C=O) groups excluding carboxylic acids is 1. The maximum atomic E-state index is 12.0. The number of rotatable bonds is 5. The zero-order valence-corrected chi connectivity index (χ0v) is 12.2. The van der Waals surface area contributed by atoms with E-state index in [1.54, 1.807) is 0 Å². The Morgan fingerprint density at radius 1 is 1.25 bits per heavy atom. The first-order valence-electron chi connectivity index (χ1n) is 6.88. The summed E-state index contributed by atoms with van der Waals surface area (Å²) < 4.78 is 7.03. The van der Waals surface area contributed by atoms with Crippen LogP contribution in [0.1, 0.15) is 35.1 Å². The molecule has 0 saturated heterocycles. The minimum absolute atomic E-state index is 0.0409. The fourth-order valence-electron chi connectivity index (χ4n) is 2.06. The Hall–Kier alpha value is -2.10. The number of carbonyl (C=O) groups is 1. The summed E-state index contributed by atoms with van der Waals surface area (Å²) in [5, 5.41) is 4.17. The molecule has 0 spiro atoms. The Labute approximate surface area is 119 Å². The van der Waals surface area contributed by atoms with Crippen LogP contribution in [0.5, 0.6) is 5.75 Å². The largest absolute Gasteiger partial charge is 0.493 e. The molecule has 0 aliphatic carbocycles. The van der Waals surface area contributed by atoms with E-state index < -0.39 is 0 Å². The van der Waals surface area contributed by atoms with Gasteiger partial charge in [-0.25, -0.2) is 4.68 Å². The third-order valence-electron chi connectivity index (χ3n) is 3.16. The minimum Gasteiger partial charge on any atom is -0.493 e. The number of ether oxygens (including phenoxy) is 1. The molecule has 2 aromatic rings. The molecule has 4 heteroatoms. The van der Waals surface area contributed by atoms with Gasteiger partial charge >= 0.3 is 0 Å². The molecule has 1 heterocycles. The van der Waals surface area contributed by atoms with Crippen molar-refractivity contribution in [2.75, 3.05) is 6.61 Å². The molecule has 1 aromatic heterocycles. The van der Waals surface area contributed by atoms with Crippen molar-refractivity contribution in [1.29, 1.82) is 0 Å². The average Bonchev–Trinajstić information content (AvgIpc) is 2.78. The Morgan fingerprint density at radius 2 is 1.95 bits per heavy atom. The molecular weight excluding hydrogens is 252 g/mol. The molecule has 106 valence electrons. The topological polar surface area (TPSA) is 44.1 Å². The first-order valence-corrected chi connectivity index (χ1v) is 6.88. The summed E-state index contributed by atoms with van der Waals surface area (Å²) in [5.74, 6) is 0.754. The van der Waals surface area contributed by atoms with Gasteiger partial charge in [0.15, 0.2) is 0 Å². The van der Waals surface area contributed by atoms with Crippen LogP contribution in [0.15, 0.2) is 30.3 Å². The second-order valence-electron chi connectivity index (χ2n) is 4.83. The van der Waals surface area contributed by atoms with Gasteiger partial charge in [0, 0.05) is 5.69 Å². The molecule has 1 aromatic carbocycles. The Balaban J connectivity index is 1.86. The normalized spacial score (nSPS) is 10.6. The van der Waals surface area contributed by atoms with Crippen molar-refractivity contribution < 1.29 is 9.53 Å². The van der Waals surface area contributed by atoms with Crippen LogP contribution >= 0.6 is 0 Å². The summed E-state index contributed by atoms with van der Waals surface area (Å²) in [7, 11) is 0. The number of aromatic nitrogens is 2. The molecule has 0 saturated carbocycles. The Morgan fingerprint density at radius 3 is 2.50 bits per heavy atom. The number of hydrogen-bond acceptors (Lipinski definition) is 3. The molecule has 0 N–H and O–H groups in total. The third kappa shape index (κ3) is 3.47. The predicted molar refractivity (Wildman–Crippen MR) is 78.3 cm³/mol. The lowest BCUT2D eigenvalue weighted by molar-refractivity contribution is 0.0862. The Kier molecular flexibility index (Phi) is 4.56. The van der Waals surface area contributed by atoms with Crippen molar-refractivity contribution >= 4 is 5.91 Å². The molecule has 4 nitrogen and oxygen atoms in total. The van der Waals surface area contributed by atoms with Gasteiger partial charge in [-0.1, -0.05) is 19.1 Å². The van der Waals surface area contributed by atoms with Gasteiger partial charge in [0.2, 0.25) is 0 Å². The van der Waals surface area contributed by atoms with Crippen molar-refractivity contribution in [1.82, 2.24) is 9.78 Å². The number of hydrogen-bond donors (Lipinski definition) is 0. The van der Waals surface area contributed by atoms with E-state index in [-0.39, 0.29) is 5.91 Å². The molecule has 0 aliphatic heterocycles. The van der Waals surface area contributed by atoms with Crippen LogP contribution in [0.2, 0.25) is 0 Å². The van der Waals surface area contributed by atoms with Crippen LogP contribution in [-0.4, -0.2) is 22.3 Å². The highest BCUT2D eigenvalue weighted by Crippen LogP contribution is 2.13. The number of nitrogens with zero attached hydrogens (tertiary/aromatic N) is 2. The summed E-state index contributed by atoms with van der Waals surface area (Å²) in [6, 6.07) is 9.85. The standard InChI is InChI=1S/C16H20N2O2/c1-4-14-5-7-15(8-6-14)20-10-9-16(19)18-13(3)11-12(2)17-18/h5-8,11H,4,9-10H2,1-3H3. The summed E-state index contributed by atoms with van der Waals surface area (Å²) in [6.07, 6.45) is 1.33. The van der Waals surface area contributed by atoms with E-state index in [0.717, 1.165) is 23.6 Å². The van der Waals surface area contributed by atoms with Crippen molar-refractivity contribution in [3.63, 3.8) is 0 Å². The lowest BCUT2D eigenvalue weighted by atomic mass is 10.2. The summed E-state index contributed by atoms with van der Waals surface area (Å²) in [6.45, 7) is 6.23. The van der Waals surface area contributed by atoms with Crippen LogP contribution in [0.4, 0.5) is 0 Å². The maximum absolute atomic E-state index is 12.0. The molecule has 0 radical (unpaired) electrons. The van der Waals surface area contributed by atoms with E-state index in [0.29, 0.717) is 13.0 Å². The van der Waals surface area contributed by atoms with E-state index in [2.05, 4.69) is 12.0 Å². The first-order chi connectivity index (χ1) is 9.60. The molecule has 0 fully saturated rings. The number of aryl methyl sites for hydroxylation is 3. The molecule has 0 atom stereocenters. The van der Waals surface area contributed by atoms with Crippen molar-refractivity contribution in [3.8, 4) is 5.75 Å². The molecule has 2 rings (SSSR count). The van der Waals surface area contributed by atoms with Crippen molar-refractivity contribution in [2.45, 2.75) is 33.6 Å². The van der Waals surface area contributed by atoms with Crippen LogP contribution < -0.4 is 4.74 Å². The van der Waals surface area contributed by atoms with Gasteiger partial charge in [-0.2, -0.15) is 5.10 Å². The van der Waals surface area contributed by atoms with Crippen molar-refractivity contribution in [2.24, 2.45) is 0 Å². The van der Waals surface area contributed by atoms with Gasteiger partial charge in [-0.3, -0.25) is 4.79 Å². The van der Waals surface area contributed by atoms with Gasteiger partial charge in [0.05, 0.1) is 18.7 Å². The average molecular weight is 272 g/mol. The smallest absolute Gasteiger partial charge is 0.250 e. The van der Waals surface area contributed by atoms with E-state index in [1.165, 1.54) is 10.2 Å². The second-order valence-corrected chi connectivity index (χ2v) is 4.83. The monoisotopic (exact) mass is 272 g/mol. The zero-order chi connectivity index (χ0) is 14.5. The molecule has 0 unspecified atom stereocenters. The third-order valence-corrected chi connectivity index (χ3v) is 3.16. The highest BCUT2D eigenvalue weighted by Gasteiger charge is 2.10. The van der Waals surface area contributed by atoms with Crippen LogP contribution in [-0.2, 0) is 6.42 Å². The van der Waals surface area contributed by atoms with Gasteiger partial charge in [0.25, 0.3) is 5.91 Å². The van der Waals surface area contributed by atoms with Crippen molar-refractivity contribution in [3.05, 3.63) is 47.3 Å². The highest BCUT2D eigenvalue weighted by atomic mass is 16.5. The van der Waals surface area contributed by atoms with E-state index in [9.17, 15) is 4.79 Å². The van der Waals surface area contributed by atoms with E-state index in [1.807, 2.05) is 44.2 Å². The fraction of sp³-hybridized carbons (Fsp3) is 0.375. The van der Waals surface area contributed by atoms with E-state index >= 15 is 0 Å². The Bertz CT molecular complexity index is 585. The minimum atomic E-state index is -0.0409. The maximum Gasteiger partial charge on any atom is 0.250 e. The fourth-order valence-corrected chi connectivity index (χ4v) is 2.06. The molecule has 0 amide bonds. The summed E-state index contributed by atoms with van der Waals surface area (Å²) in [5.41, 5.74) is 2.99. The lowest BCUT2D eigenvalue weighted by Crippen LogP contribution is -2.17. The van der Waals surface area contributed by atoms with Crippen LogP contribution in [0, 0.1) is 13.8 Å². The lowest BCUT2D eigenvalue weighted by Gasteiger charge is -2.07. The second kappa shape index (κ2) is 6.37.